The van der Waals surface area contributed by atoms with Gasteiger partial charge in [0.1, 0.15) is 18.1 Å². The summed E-state index contributed by atoms with van der Waals surface area (Å²) >= 11 is 0. The lowest BCUT2D eigenvalue weighted by atomic mass is 10.1. The maximum Gasteiger partial charge on any atom is 0.253 e. The highest BCUT2D eigenvalue weighted by molar-refractivity contribution is 5.94. The lowest BCUT2D eigenvalue weighted by Gasteiger charge is -2.32. The third-order valence-electron chi connectivity index (χ3n) is 4.87. The first-order valence-corrected chi connectivity index (χ1v) is 9.50. The number of likely N-dealkylation sites (N-methyl/N-ethyl adjacent to an activating group) is 1. The Bertz CT molecular complexity index is 783. The fraction of sp³-hybridized carbons (Fsp3) is 0.409. The Labute approximate surface area is 161 Å². The largest absolute Gasteiger partial charge is 0.493 e. The smallest absolute Gasteiger partial charge is 0.253 e. The maximum atomic E-state index is 12.9. The van der Waals surface area contributed by atoms with Gasteiger partial charge in [0, 0.05) is 37.3 Å². The van der Waals surface area contributed by atoms with Crippen LogP contribution in [0.4, 0.5) is 0 Å². The number of ether oxygens (including phenoxy) is 2. The number of hydrogen-bond donors (Lipinski definition) is 0. The first-order valence-electron chi connectivity index (χ1n) is 9.50. The number of nitrogens with zero attached hydrogens (tertiary/aromatic N) is 2. The highest BCUT2D eigenvalue weighted by Gasteiger charge is 2.21. The van der Waals surface area contributed by atoms with E-state index in [1.165, 1.54) is 0 Å². The van der Waals surface area contributed by atoms with Gasteiger partial charge in [-0.3, -0.25) is 4.79 Å². The van der Waals surface area contributed by atoms with E-state index in [9.17, 15) is 4.79 Å². The molecule has 0 atom stereocenters. The molecule has 1 heterocycles. The molecule has 0 bridgehead atoms. The van der Waals surface area contributed by atoms with Gasteiger partial charge in [-0.25, -0.2) is 0 Å². The predicted molar refractivity (Wildman–Crippen MR) is 107 cm³/mol. The van der Waals surface area contributed by atoms with E-state index >= 15 is 0 Å². The molecule has 144 valence electrons. The molecular weight excluding hydrogens is 340 g/mol. The van der Waals surface area contributed by atoms with Crippen LogP contribution >= 0.6 is 0 Å². The Hall–Kier alpha value is -2.53. The van der Waals surface area contributed by atoms with Crippen LogP contribution in [0, 0.1) is 6.92 Å². The normalized spacial score (nSPS) is 14.9. The van der Waals surface area contributed by atoms with Crippen molar-refractivity contribution in [2.75, 3.05) is 39.8 Å². The van der Waals surface area contributed by atoms with E-state index in [4.69, 9.17) is 9.47 Å². The minimum atomic E-state index is 0.0725. The second-order valence-electron chi connectivity index (χ2n) is 6.91. The van der Waals surface area contributed by atoms with Gasteiger partial charge in [-0.05, 0) is 50.7 Å². The summed E-state index contributed by atoms with van der Waals surface area (Å²) in [6.45, 7) is 8.25. The molecule has 2 aromatic rings. The molecule has 5 heteroatoms. The molecule has 0 radical (unpaired) electrons. The highest BCUT2D eigenvalue weighted by Crippen LogP contribution is 2.25. The molecule has 0 aliphatic carbocycles. The summed E-state index contributed by atoms with van der Waals surface area (Å²) in [5, 5.41) is 0. The first-order chi connectivity index (χ1) is 13.1. The average Bonchev–Trinajstić information content (AvgIpc) is 2.68. The summed E-state index contributed by atoms with van der Waals surface area (Å²) in [6.07, 6.45) is 0. The average molecular weight is 368 g/mol. The number of amides is 1. The third kappa shape index (κ3) is 4.80. The molecule has 1 saturated heterocycles. The standard InChI is InChI=1S/C22H28N2O3/c1-4-26-21-10-9-18(22(25)24-13-11-23(3)12-14-24)15-19(21)16-27-20-8-6-5-7-17(20)2/h5-10,15H,4,11-14,16H2,1-3H3. The predicted octanol–water partition coefficient (Wildman–Crippen LogP) is 3.36. The van der Waals surface area contributed by atoms with E-state index in [0.29, 0.717) is 18.8 Å². The van der Waals surface area contributed by atoms with E-state index in [1.807, 2.05) is 61.2 Å². The molecule has 5 nitrogen and oxygen atoms in total. The molecule has 27 heavy (non-hydrogen) atoms. The summed E-state index contributed by atoms with van der Waals surface area (Å²) < 4.78 is 11.7. The van der Waals surface area contributed by atoms with Crippen molar-refractivity contribution >= 4 is 5.91 Å². The number of para-hydroxylation sites is 1. The van der Waals surface area contributed by atoms with Crippen molar-refractivity contribution in [3.05, 3.63) is 59.2 Å². The zero-order valence-electron chi connectivity index (χ0n) is 16.4. The molecule has 1 aliphatic heterocycles. The van der Waals surface area contributed by atoms with Crippen molar-refractivity contribution in [2.24, 2.45) is 0 Å². The van der Waals surface area contributed by atoms with Crippen molar-refractivity contribution < 1.29 is 14.3 Å². The lowest BCUT2D eigenvalue weighted by Crippen LogP contribution is -2.47. The van der Waals surface area contributed by atoms with Crippen LogP contribution in [0.5, 0.6) is 11.5 Å². The van der Waals surface area contributed by atoms with Crippen LogP contribution in [-0.2, 0) is 6.61 Å². The van der Waals surface area contributed by atoms with Crippen molar-refractivity contribution in [3.63, 3.8) is 0 Å². The molecule has 0 spiro atoms. The SMILES string of the molecule is CCOc1ccc(C(=O)N2CCN(C)CC2)cc1COc1ccccc1C. The molecule has 1 aliphatic rings. The summed E-state index contributed by atoms with van der Waals surface area (Å²) in [5.74, 6) is 1.68. The van der Waals surface area contributed by atoms with Gasteiger partial charge >= 0.3 is 0 Å². The number of carbonyl (C=O) groups excluding carboxylic acids is 1. The molecule has 0 saturated carbocycles. The van der Waals surface area contributed by atoms with Gasteiger partial charge in [0.2, 0.25) is 0 Å². The summed E-state index contributed by atoms with van der Waals surface area (Å²) in [6, 6.07) is 13.6. The van der Waals surface area contributed by atoms with Crippen molar-refractivity contribution in [1.82, 2.24) is 9.80 Å². The second-order valence-corrected chi connectivity index (χ2v) is 6.91. The number of aryl methyl sites for hydroxylation is 1. The van der Waals surface area contributed by atoms with Gasteiger partial charge in [0.15, 0.2) is 0 Å². The maximum absolute atomic E-state index is 12.9. The summed E-state index contributed by atoms with van der Waals surface area (Å²) in [4.78, 5) is 17.0. The minimum Gasteiger partial charge on any atom is -0.493 e. The molecule has 0 unspecified atom stereocenters. The Morgan fingerprint density at radius 2 is 1.74 bits per heavy atom. The van der Waals surface area contributed by atoms with Gasteiger partial charge < -0.3 is 19.3 Å². The zero-order valence-corrected chi connectivity index (χ0v) is 16.4. The van der Waals surface area contributed by atoms with Crippen LogP contribution in [0.15, 0.2) is 42.5 Å². The molecule has 1 amide bonds. The summed E-state index contributed by atoms with van der Waals surface area (Å²) in [5.41, 5.74) is 2.66. The fourth-order valence-corrected chi connectivity index (χ4v) is 3.19. The zero-order chi connectivity index (χ0) is 19.2. The van der Waals surface area contributed by atoms with Crippen LogP contribution < -0.4 is 9.47 Å². The van der Waals surface area contributed by atoms with Gasteiger partial charge in [0.05, 0.1) is 6.61 Å². The number of hydrogen-bond acceptors (Lipinski definition) is 4. The number of carbonyl (C=O) groups is 1. The molecule has 0 N–H and O–H groups in total. The molecule has 2 aromatic carbocycles. The van der Waals surface area contributed by atoms with Crippen LogP contribution in [0.25, 0.3) is 0 Å². The van der Waals surface area contributed by atoms with E-state index in [0.717, 1.165) is 48.8 Å². The van der Waals surface area contributed by atoms with E-state index in [-0.39, 0.29) is 5.91 Å². The van der Waals surface area contributed by atoms with Crippen molar-refractivity contribution in [1.29, 1.82) is 0 Å². The van der Waals surface area contributed by atoms with Crippen LogP contribution in [0.2, 0.25) is 0 Å². The Morgan fingerprint density at radius 3 is 2.44 bits per heavy atom. The van der Waals surface area contributed by atoms with Crippen LogP contribution in [0.1, 0.15) is 28.4 Å². The van der Waals surface area contributed by atoms with Gasteiger partial charge in [-0.1, -0.05) is 18.2 Å². The fourth-order valence-electron chi connectivity index (χ4n) is 3.19. The molecule has 1 fully saturated rings. The van der Waals surface area contributed by atoms with Crippen molar-refractivity contribution in [3.8, 4) is 11.5 Å². The Kier molecular flexibility index (Phi) is 6.35. The number of benzene rings is 2. The van der Waals surface area contributed by atoms with Gasteiger partial charge in [-0.2, -0.15) is 0 Å². The first kappa shape index (κ1) is 19.2. The minimum absolute atomic E-state index is 0.0725. The van der Waals surface area contributed by atoms with Crippen molar-refractivity contribution in [2.45, 2.75) is 20.5 Å². The molecule has 3 rings (SSSR count). The van der Waals surface area contributed by atoms with Crippen LogP contribution in [0.3, 0.4) is 0 Å². The third-order valence-corrected chi connectivity index (χ3v) is 4.87. The second kappa shape index (κ2) is 8.91. The number of piperazine rings is 1. The number of rotatable bonds is 6. The van der Waals surface area contributed by atoms with E-state index < -0.39 is 0 Å². The lowest BCUT2D eigenvalue weighted by molar-refractivity contribution is 0.0664. The summed E-state index contributed by atoms with van der Waals surface area (Å²) in [7, 11) is 2.08. The van der Waals surface area contributed by atoms with Gasteiger partial charge in [-0.15, -0.1) is 0 Å². The van der Waals surface area contributed by atoms with E-state index in [2.05, 4.69) is 11.9 Å². The highest BCUT2D eigenvalue weighted by atomic mass is 16.5. The van der Waals surface area contributed by atoms with Crippen LogP contribution in [-0.4, -0.2) is 55.5 Å². The Balaban J connectivity index is 1.77. The quantitative estimate of drug-likeness (QED) is 0.784. The topological polar surface area (TPSA) is 42.0 Å². The monoisotopic (exact) mass is 368 g/mol. The Morgan fingerprint density at radius 1 is 1.00 bits per heavy atom. The van der Waals surface area contributed by atoms with Gasteiger partial charge in [0.25, 0.3) is 5.91 Å². The van der Waals surface area contributed by atoms with E-state index in [1.54, 1.807) is 0 Å². The molecular formula is C22H28N2O3. The molecule has 0 aromatic heterocycles.